The minimum Gasteiger partial charge on any atom is -0.319 e. The van der Waals surface area contributed by atoms with Crippen molar-refractivity contribution in [3.05, 3.63) is 15.6 Å². The Bertz CT molecular complexity index is 339. The van der Waals surface area contributed by atoms with E-state index < -0.39 is 0 Å². The van der Waals surface area contributed by atoms with Crippen molar-refractivity contribution in [1.29, 1.82) is 0 Å². The van der Waals surface area contributed by atoms with Crippen LogP contribution in [0.4, 0.5) is 0 Å². The van der Waals surface area contributed by atoms with E-state index in [2.05, 4.69) is 25.8 Å². The molecular formula is C12H20N2S. The summed E-state index contributed by atoms with van der Waals surface area (Å²) in [6, 6.07) is 0. The Morgan fingerprint density at radius 2 is 2.27 bits per heavy atom. The van der Waals surface area contributed by atoms with Crippen LogP contribution in [0.25, 0.3) is 0 Å². The predicted molar refractivity (Wildman–Crippen MR) is 65.1 cm³/mol. The number of hydrogen-bond donors (Lipinski definition) is 1. The second-order valence-electron chi connectivity index (χ2n) is 4.70. The molecule has 1 heterocycles. The molecule has 0 radical (unpaired) electrons. The minimum atomic E-state index is -0.127. The van der Waals surface area contributed by atoms with Gasteiger partial charge in [-0.1, -0.05) is 19.8 Å². The molecule has 2 N–H and O–H groups in total. The lowest BCUT2D eigenvalue weighted by Crippen LogP contribution is -2.40. The lowest BCUT2D eigenvalue weighted by molar-refractivity contribution is 0.314. The van der Waals surface area contributed by atoms with E-state index in [0.717, 1.165) is 12.1 Å². The first kappa shape index (κ1) is 11.1. The molecule has 2 atom stereocenters. The third kappa shape index (κ3) is 1.72. The molecule has 0 saturated heterocycles. The van der Waals surface area contributed by atoms with Crippen molar-refractivity contribution in [1.82, 2.24) is 4.98 Å². The fourth-order valence-corrected chi connectivity index (χ4v) is 3.75. The van der Waals surface area contributed by atoms with Gasteiger partial charge in [-0.05, 0) is 32.6 Å². The van der Waals surface area contributed by atoms with Crippen molar-refractivity contribution >= 4 is 11.3 Å². The predicted octanol–water partition coefficient (Wildman–Crippen LogP) is 3.12. The van der Waals surface area contributed by atoms with E-state index in [1.165, 1.54) is 29.1 Å². The molecule has 1 aliphatic rings. The van der Waals surface area contributed by atoms with Crippen molar-refractivity contribution in [3.8, 4) is 0 Å². The van der Waals surface area contributed by atoms with E-state index in [9.17, 15) is 0 Å². The first-order valence-electron chi connectivity index (χ1n) is 5.81. The quantitative estimate of drug-likeness (QED) is 0.838. The molecule has 15 heavy (non-hydrogen) atoms. The van der Waals surface area contributed by atoms with Crippen LogP contribution < -0.4 is 5.73 Å². The summed E-state index contributed by atoms with van der Waals surface area (Å²) in [7, 11) is 0. The molecule has 1 aromatic rings. The highest BCUT2D eigenvalue weighted by Gasteiger charge is 2.42. The van der Waals surface area contributed by atoms with Crippen LogP contribution in [-0.2, 0) is 5.54 Å². The van der Waals surface area contributed by atoms with E-state index in [0.29, 0.717) is 5.92 Å². The van der Waals surface area contributed by atoms with Gasteiger partial charge in [0.05, 0.1) is 11.2 Å². The fourth-order valence-electron chi connectivity index (χ4n) is 2.62. The van der Waals surface area contributed by atoms with Gasteiger partial charge in [0.1, 0.15) is 5.01 Å². The van der Waals surface area contributed by atoms with Crippen LogP contribution in [0.2, 0.25) is 0 Å². The molecule has 2 unspecified atom stereocenters. The van der Waals surface area contributed by atoms with E-state index in [-0.39, 0.29) is 5.54 Å². The zero-order valence-electron chi connectivity index (χ0n) is 9.84. The average molecular weight is 224 g/mol. The third-order valence-corrected chi connectivity index (χ3v) is 5.06. The number of thiazole rings is 1. The molecule has 2 rings (SSSR count). The highest BCUT2D eigenvalue weighted by atomic mass is 32.1. The van der Waals surface area contributed by atoms with E-state index in [1.54, 1.807) is 11.3 Å². The summed E-state index contributed by atoms with van der Waals surface area (Å²) in [4.78, 5) is 5.97. The van der Waals surface area contributed by atoms with E-state index in [1.807, 2.05) is 0 Å². The van der Waals surface area contributed by atoms with Crippen LogP contribution in [0.15, 0.2) is 0 Å². The Hall–Kier alpha value is -0.410. The topological polar surface area (TPSA) is 38.9 Å². The van der Waals surface area contributed by atoms with Gasteiger partial charge in [0.15, 0.2) is 0 Å². The number of nitrogens with two attached hydrogens (primary N) is 1. The van der Waals surface area contributed by atoms with Crippen LogP contribution in [0.1, 0.15) is 48.2 Å². The number of aromatic nitrogens is 1. The summed E-state index contributed by atoms with van der Waals surface area (Å²) in [5.74, 6) is 0.627. The largest absolute Gasteiger partial charge is 0.319 e. The van der Waals surface area contributed by atoms with Crippen molar-refractivity contribution in [3.63, 3.8) is 0 Å². The maximum atomic E-state index is 6.57. The molecule has 0 bridgehead atoms. The van der Waals surface area contributed by atoms with E-state index in [4.69, 9.17) is 5.73 Å². The second-order valence-corrected chi connectivity index (χ2v) is 5.90. The Balaban J connectivity index is 2.35. The number of hydrogen-bond acceptors (Lipinski definition) is 3. The molecule has 3 heteroatoms. The van der Waals surface area contributed by atoms with Gasteiger partial charge in [0.25, 0.3) is 0 Å². The molecule has 0 aliphatic heterocycles. The fraction of sp³-hybridized carbons (Fsp3) is 0.750. The lowest BCUT2D eigenvalue weighted by Gasteiger charge is -2.28. The summed E-state index contributed by atoms with van der Waals surface area (Å²) < 4.78 is 0. The maximum absolute atomic E-state index is 6.57. The van der Waals surface area contributed by atoms with Crippen LogP contribution >= 0.6 is 11.3 Å². The maximum Gasteiger partial charge on any atom is 0.113 e. The van der Waals surface area contributed by atoms with Gasteiger partial charge in [-0.2, -0.15) is 0 Å². The van der Waals surface area contributed by atoms with Crippen LogP contribution in [0.3, 0.4) is 0 Å². The first-order valence-corrected chi connectivity index (χ1v) is 6.63. The number of nitrogens with zero attached hydrogens (tertiary/aromatic N) is 1. The average Bonchev–Trinajstić information content (AvgIpc) is 2.73. The molecule has 1 fully saturated rings. The molecule has 1 aliphatic carbocycles. The molecule has 1 aromatic heterocycles. The summed E-state index contributed by atoms with van der Waals surface area (Å²) in [5, 5.41) is 1.17. The van der Waals surface area contributed by atoms with Crippen molar-refractivity contribution in [2.45, 2.75) is 52.0 Å². The van der Waals surface area contributed by atoms with E-state index >= 15 is 0 Å². The monoisotopic (exact) mass is 224 g/mol. The van der Waals surface area contributed by atoms with Gasteiger partial charge in [-0.15, -0.1) is 11.3 Å². The molecule has 2 nitrogen and oxygen atoms in total. The van der Waals surface area contributed by atoms with Gasteiger partial charge in [0.2, 0.25) is 0 Å². The smallest absolute Gasteiger partial charge is 0.113 e. The Morgan fingerprint density at radius 1 is 1.53 bits per heavy atom. The van der Waals surface area contributed by atoms with Gasteiger partial charge < -0.3 is 5.73 Å². The van der Waals surface area contributed by atoms with Gasteiger partial charge >= 0.3 is 0 Å². The molecule has 0 aromatic carbocycles. The van der Waals surface area contributed by atoms with Crippen LogP contribution in [0.5, 0.6) is 0 Å². The highest BCUT2D eigenvalue weighted by Crippen LogP contribution is 2.44. The SMILES string of the molecule is CCC1CCCC1(N)c1nc(C)c(C)s1. The standard InChI is InChI=1S/C12H20N2S/c1-4-10-6-5-7-12(10,13)11-14-8(2)9(3)15-11/h10H,4-7,13H2,1-3H3. The molecule has 1 saturated carbocycles. The summed E-state index contributed by atoms with van der Waals surface area (Å²) in [5.41, 5.74) is 7.59. The van der Waals surface area contributed by atoms with Crippen molar-refractivity contribution < 1.29 is 0 Å². The van der Waals surface area contributed by atoms with Gasteiger partial charge in [-0.3, -0.25) is 0 Å². The van der Waals surface area contributed by atoms with Gasteiger partial charge in [-0.25, -0.2) is 4.98 Å². The number of aryl methyl sites for hydroxylation is 2. The second kappa shape index (κ2) is 3.87. The number of rotatable bonds is 2. The Labute approximate surface area is 95.9 Å². The summed E-state index contributed by atoms with van der Waals surface area (Å²) in [6.07, 6.45) is 4.81. The van der Waals surface area contributed by atoms with Crippen molar-refractivity contribution in [2.24, 2.45) is 11.7 Å². The molecule has 84 valence electrons. The highest BCUT2D eigenvalue weighted by molar-refractivity contribution is 7.11. The third-order valence-electron chi connectivity index (χ3n) is 3.79. The zero-order chi connectivity index (χ0) is 11.1. The Morgan fingerprint density at radius 3 is 2.80 bits per heavy atom. The summed E-state index contributed by atoms with van der Waals surface area (Å²) >= 11 is 1.79. The first-order chi connectivity index (χ1) is 7.08. The zero-order valence-corrected chi connectivity index (χ0v) is 10.7. The molecule has 0 amide bonds. The summed E-state index contributed by atoms with van der Waals surface area (Å²) in [6.45, 7) is 6.45. The molecule has 0 spiro atoms. The normalized spacial score (nSPS) is 31.1. The van der Waals surface area contributed by atoms with Gasteiger partial charge in [0, 0.05) is 4.88 Å². The minimum absolute atomic E-state index is 0.127. The van der Waals surface area contributed by atoms with Crippen molar-refractivity contribution in [2.75, 3.05) is 0 Å². The van der Waals surface area contributed by atoms with Crippen LogP contribution in [0, 0.1) is 19.8 Å². The Kier molecular flexibility index (Phi) is 2.86. The van der Waals surface area contributed by atoms with Crippen LogP contribution in [-0.4, -0.2) is 4.98 Å². The lowest BCUT2D eigenvalue weighted by atomic mass is 9.87. The molecular weight excluding hydrogens is 204 g/mol.